The first-order chi connectivity index (χ1) is 11.1. The number of ether oxygens (including phenoxy) is 1. The average molecular weight is 349 g/mol. The molecule has 1 saturated carbocycles. The fraction of sp³-hybridized carbons (Fsp3) is 0.750. The van der Waals surface area contributed by atoms with Crippen molar-refractivity contribution in [1.82, 2.24) is 0 Å². The number of fused-ring (bicyclic) bond motifs is 2. The molecule has 1 heterocycles. The highest BCUT2D eigenvalue weighted by Crippen LogP contribution is 2.59. The number of ketones is 1. The van der Waals surface area contributed by atoms with Gasteiger partial charge >= 0.3 is 0 Å². The van der Waals surface area contributed by atoms with E-state index in [0.29, 0.717) is 5.92 Å². The van der Waals surface area contributed by atoms with Crippen LogP contribution in [0.4, 0.5) is 0 Å². The Bertz CT molecular complexity index is 596. The third kappa shape index (κ3) is 2.97. The summed E-state index contributed by atoms with van der Waals surface area (Å²) in [7, 11) is -1.82. The van der Waals surface area contributed by atoms with Crippen molar-refractivity contribution in [2.24, 2.45) is 11.3 Å². The van der Waals surface area contributed by atoms with Crippen molar-refractivity contribution in [2.75, 3.05) is 13.2 Å². The molecule has 0 aromatic rings. The minimum absolute atomic E-state index is 0.0441. The van der Waals surface area contributed by atoms with Gasteiger partial charge in [-0.15, -0.1) is 0 Å². The molecule has 134 valence electrons. The molecule has 3 rings (SSSR count). The van der Waals surface area contributed by atoms with Gasteiger partial charge < -0.3 is 9.16 Å². The molecule has 1 aliphatic heterocycles. The quantitative estimate of drug-likeness (QED) is 0.421. The highest BCUT2D eigenvalue weighted by molar-refractivity contribution is 6.74. The lowest BCUT2D eigenvalue weighted by molar-refractivity contribution is -0.112. The van der Waals surface area contributed by atoms with E-state index in [4.69, 9.17) is 9.16 Å². The van der Waals surface area contributed by atoms with Crippen molar-refractivity contribution in [1.29, 1.82) is 0 Å². The third-order valence-corrected chi connectivity index (χ3v) is 11.1. The minimum Gasteiger partial charge on any atom is -0.410 e. The van der Waals surface area contributed by atoms with Crippen LogP contribution in [0.3, 0.4) is 0 Å². The summed E-state index contributed by atoms with van der Waals surface area (Å²) >= 11 is 0. The number of hydrogen-bond donors (Lipinski definition) is 0. The van der Waals surface area contributed by atoms with Crippen LogP contribution in [0, 0.1) is 11.3 Å². The van der Waals surface area contributed by atoms with Gasteiger partial charge in [0, 0.05) is 11.3 Å². The lowest BCUT2D eigenvalue weighted by Gasteiger charge is -2.39. The zero-order chi connectivity index (χ0) is 17.8. The van der Waals surface area contributed by atoms with Gasteiger partial charge in [-0.25, -0.2) is 0 Å². The Morgan fingerprint density at radius 3 is 2.71 bits per heavy atom. The van der Waals surface area contributed by atoms with Crippen molar-refractivity contribution in [3.8, 4) is 0 Å². The molecule has 0 amide bonds. The first kappa shape index (κ1) is 18.1. The highest BCUT2D eigenvalue weighted by Gasteiger charge is 2.54. The number of carbonyl (C=O) groups is 1. The van der Waals surface area contributed by atoms with Gasteiger partial charge in [0.05, 0.1) is 19.3 Å². The molecule has 0 radical (unpaired) electrons. The summed E-state index contributed by atoms with van der Waals surface area (Å²) in [6.45, 7) is 14.8. The molecule has 3 nitrogen and oxygen atoms in total. The lowest BCUT2D eigenvalue weighted by atomic mass is 9.81. The fourth-order valence-electron chi connectivity index (χ4n) is 4.34. The lowest BCUT2D eigenvalue weighted by Crippen LogP contribution is -2.44. The van der Waals surface area contributed by atoms with Crippen LogP contribution in [0.1, 0.15) is 47.0 Å². The second-order valence-electron chi connectivity index (χ2n) is 9.36. The van der Waals surface area contributed by atoms with Crippen LogP contribution in [0.5, 0.6) is 0 Å². The molecule has 0 bridgehead atoms. The molecule has 3 atom stereocenters. The minimum atomic E-state index is -1.82. The van der Waals surface area contributed by atoms with Gasteiger partial charge in [-0.3, -0.25) is 4.79 Å². The van der Waals surface area contributed by atoms with Crippen LogP contribution in [0.15, 0.2) is 23.3 Å². The Kier molecular flexibility index (Phi) is 4.47. The van der Waals surface area contributed by atoms with Crippen LogP contribution in [-0.4, -0.2) is 33.4 Å². The zero-order valence-electron chi connectivity index (χ0n) is 16.1. The molecule has 24 heavy (non-hydrogen) atoms. The number of rotatable bonds is 4. The molecule has 0 spiro atoms. The van der Waals surface area contributed by atoms with Crippen molar-refractivity contribution in [2.45, 2.75) is 71.2 Å². The van der Waals surface area contributed by atoms with Gasteiger partial charge in [0.15, 0.2) is 14.1 Å². The summed E-state index contributed by atoms with van der Waals surface area (Å²) in [4.78, 5) is 11.5. The van der Waals surface area contributed by atoms with Crippen molar-refractivity contribution in [3.05, 3.63) is 23.3 Å². The van der Waals surface area contributed by atoms with E-state index in [1.165, 1.54) is 11.1 Å². The highest BCUT2D eigenvalue weighted by atomic mass is 28.4. The SMILES string of the molecule is CC(=O)/C=C/C12CCC(O[Si](C)(C)C(C)(C)C)C1=C1COCC1C2. The molecule has 0 N–H and O–H groups in total. The second-order valence-corrected chi connectivity index (χ2v) is 14.1. The molecule has 0 aromatic carbocycles. The number of carbonyl (C=O) groups excluding carboxylic acids is 1. The average Bonchev–Trinajstić information content (AvgIpc) is 3.06. The predicted molar refractivity (Wildman–Crippen MR) is 99.5 cm³/mol. The molecule has 3 aliphatic rings. The summed E-state index contributed by atoms with van der Waals surface area (Å²) in [5.41, 5.74) is 2.99. The van der Waals surface area contributed by atoms with Gasteiger partial charge in [0.1, 0.15) is 0 Å². The van der Waals surface area contributed by atoms with Crippen molar-refractivity contribution >= 4 is 14.1 Å². The molecule has 0 aromatic heterocycles. The van der Waals surface area contributed by atoms with Crippen LogP contribution < -0.4 is 0 Å². The Morgan fingerprint density at radius 1 is 1.38 bits per heavy atom. The van der Waals surface area contributed by atoms with Gasteiger partial charge in [0.25, 0.3) is 0 Å². The van der Waals surface area contributed by atoms with E-state index in [-0.39, 0.29) is 22.3 Å². The number of allylic oxidation sites excluding steroid dienone is 2. The summed E-state index contributed by atoms with van der Waals surface area (Å²) in [5, 5.41) is 0.211. The summed E-state index contributed by atoms with van der Waals surface area (Å²) < 4.78 is 12.6. The Morgan fingerprint density at radius 2 is 2.08 bits per heavy atom. The maximum atomic E-state index is 11.5. The molecular weight excluding hydrogens is 316 g/mol. The van der Waals surface area contributed by atoms with E-state index in [1.807, 2.05) is 0 Å². The summed E-state index contributed by atoms with van der Waals surface area (Å²) in [6.07, 6.45) is 7.44. The topological polar surface area (TPSA) is 35.5 Å². The van der Waals surface area contributed by atoms with Gasteiger partial charge in [0.2, 0.25) is 0 Å². The van der Waals surface area contributed by atoms with Crippen LogP contribution in [0.25, 0.3) is 0 Å². The Labute approximate surface area is 147 Å². The maximum absolute atomic E-state index is 11.5. The Balaban J connectivity index is 1.94. The second kappa shape index (κ2) is 5.92. The summed E-state index contributed by atoms with van der Waals surface area (Å²) in [6, 6.07) is 0. The largest absolute Gasteiger partial charge is 0.410 e. The van der Waals surface area contributed by atoms with E-state index < -0.39 is 8.32 Å². The molecule has 2 aliphatic carbocycles. The van der Waals surface area contributed by atoms with Crippen molar-refractivity contribution < 1.29 is 14.0 Å². The number of hydrogen-bond acceptors (Lipinski definition) is 3. The molecule has 1 saturated heterocycles. The standard InChI is InChI=1S/C20H32O3Si/c1-14(21)7-9-20-10-8-17(23-24(5,6)19(2,3)4)18(20)16-13-22-12-15(16)11-20/h7,9,15,17H,8,10-13H2,1-6H3/b9-7+. The van der Waals surface area contributed by atoms with Gasteiger partial charge in [-0.2, -0.15) is 0 Å². The fourth-order valence-corrected chi connectivity index (χ4v) is 5.64. The summed E-state index contributed by atoms with van der Waals surface area (Å²) in [5.74, 6) is 0.665. The van der Waals surface area contributed by atoms with Gasteiger partial charge in [-0.05, 0) is 61.5 Å². The maximum Gasteiger partial charge on any atom is 0.192 e. The Hall–Kier alpha value is -0.713. The van der Waals surface area contributed by atoms with E-state index in [2.05, 4.69) is 39.9 Å². The van der Waals surface area contributed by atoms with E-state index in [1.54, 1.807) is 13.0 Å². The monoisotopic (exact) mass is 348 g/mol. The van der Waals surface area contributed by atoms with Crippen molar-refractivity contribution in [3.63, 3.8) is 0 Å². The third-order valence-electron chi connectivity index (χ3n) is 6.62. The van der Waals surface area contributed by atoms with Gasteiger partial charge in [-0.1, -0.05) is 26.8 Å². The van der Waals surface area contributed by atoms with E-state index in [0.717, 1.165) is 32.5 Å². The van der Waals surface area contributed by atoms with Crippen LogP contribution >= 0.6 is 0 Å². The molecule has 2 fully saturated rings. The first-order valence-corrected chi connectivity index (χ1v) is 12.2. The van der Waals surface area contributed by atoms with Crippen LogP contribution in [0.2, 0.25) is 18.1 Å². The predicted octanol–water partition coefficient (Wildman–Crippen LogP) is 4.65. The first-order valence-electron chi connectivity index (χ1n) is 9.24. The van der Waals surface area contributed by atoms with E-state index in [9.17, 15) is 4.79 Å². The normalized spacial score (nSPS) is 33.4. The smallest absolute Gasteiger partial charge is 0.192 e. The van der Waals surface area contributed by atoms with Crippen LogP contribution in [-0.2, 0) is 14.0 Å². The molecule has 4 heteroatoms. The molecular formula is C20H32O3Si. The van der Waals surface area contributed by atoms with E-state index >= 15 is 0 Å². The zero-order valence-corrected chi connectivity index (χ0v) is 17.1. The molecule has 3 unspecified atom stereocenters.